The molecule has 30 heavy (non-hydrogen) atoms. The van der Waals surface area contributed by atoms with Crippen molar-refractivity contribution in [1.29, 1.82) is 0 Å². The summed E-state index contributed by atoms with van der Waals surface area (Å²) < 4.78 is 1.03. The molecule has 1 aromatic carbocycles. The van der Waals surface area contributed by atoms with Crippen LogP contribution in [0.2, 0.25) is 0 Å². The van der Waals surface area contributed by atoms with E-state index in [0.29, 0.717) is 22.6 Å². The molecule has 0 bridgehead atoms. The minimum atomic E-state index is -0.286. The van der Waals surface area contributed by atoms with Crippen LogP contribution in [0.4, 0.5) is 17.2 Å². The number of anilines is 3. The molecule has 8 heteroatoms. The monoisotopic (exact) mass is 417 g/mol. The van der Waals surface area contributed by atoms with E-state index in [4.69, 9.17) is 0 Å². The van der Waals surface area contributed by atoms with Gasteiger partial charge in [-0.1, -0.05) is 18.2 Å². The molecule has 0 unspecified atom stereocenters. The zero-order chi connectivity index (χ0) is 21.1. The second-order valence-electron chi connectivity index (χ2n) is 6.61. The number of hydrogen-bond donors (Lipinski definition) is 3. The van der Waals surface area contributed by atoms with E-state index in [-0.39, 0.29) is 11.8 Å². The first kappa shape index (κ1) is 19.5. The van der Waals surface area contributed by atoms with Crippen molar-refractivity contribution in [2.24, 2.45) is 0 Å². The molecule has 7 nitrogen and oxygen atoms in total. The Bertz CT molecular complexity index is 1250. The van der Waals surface area contributed by atoms with Gasteiger partial charge in [-0.25, -0.2) is 4.98 Å². The third-order valence-corrected chi connectivity index (χ3v) is 5.59. The van der Waals surface area contributed by atoms with E-state index in [1.807, 2.05) is 42.6 Å². The fraction of sp³-hybridized carbons (Fsp3) is 0.0909. The Morgan fingerprint density at radius 3 is 2.67 bits per heavy atom. The predicted molar refractivity (Wildman–Crippen MR) is 120 cm³/mol. The summed E-state index contributed by atoms with van der Waals surface area (Å²) >= 11 is 1.51. The van der Waals surface area contributed by atoms with Crippen LogP contribution in [-0.2, 0) is 0 Å². The van der Waals surface area contributed by atoms with Gasteiger partial charge in [-0.15, -0.1) is 11.3 Å². The van der Waals surface area contributed by atoms with Crippen molar-refractivity contribution >= 4 is 50.4 Å². The van der Waals surface area contributed by atoms with Crippen molar-refractivity contribution in [3.8, 4) is 0 Å². The lowest BCUT2D eigenvalue weighted by atomic mass is 10.1. The van der Waals surface area contributed by atoms with Gasteiger partial charge in [0, 0.05) is 46.8 Å². The smallest absolute Gasteiger partial charge is 0.257 e. The predicted octanol–water partition coefficient (Wildman–Crippen LogP) is 4.36. The molecule has 150 valence electrons. The Hall–Kier alpha value is -3.78. The van der Waals surface area contributed by atoms with Crippen molar-refractivity contribution in [1.82, 2.24) is 15.3 Å². The number of thiophene rings is 1. The van der Waals surface area contributed by atoms with E-state index in [0.717, 1.165) is 21.3 Å². The van der Waals surface area contributed by atoms with Crippen molar-refractivity contribution < 1.29 is 9.59 Å². The molecule has 0 aliphatic rings. The van der Waals surface area contributed by atoms with Gasteiger partial charge in [-0.05, 0) is 30.7 Å². The molecule has 3 heterocycles. The summed E-state index contributed by atoms with van der Waals surface area (Å²) in [6.45, 7) is 1.92. The van der Waals surface area contributed by atoms with Crippen LogP contribution < -0.4 is 16.0 Å². The van der Waals surface area contributed by atoms with Gasteiger partial charge >= 0.3 is 0 Å². The quantitative estimate of drug-likeness (QED) is 0.448. The van der Waals surface area contributed by atoms with Gasteiger partial charge in [0.2, 0.25) is 0 Å². The van der Waals surface area contributed by atoms with E-state index in [2.05, 4.69) is 25.9 Å². The van der Waals surface area contributed by atoms with Crippen molar-refractivity contribution in [2.45, 2.75) is 6.92 Å². The normalized spacial score (nSPS) is 10.6. The topological polar surface area (TPSA) is 96.0 Å². The van der Waals surface area contributed by atoms with Gasteiger partial charge in [-0.2, -0.15) is 0 Å². The maximum atomic E-state index is 13.0. The number of benzene rings is 1. The number of amides is 2. The number of carbonyl (C=O) groups is 2. The molecule has 0 radical (unpaired) electrons. The molecule has 0 atom stereocenters. The highest BCUT2D eigenvalue weighted by Crippen LogP contribution is 2.29. The first-order valence-corrected chi connectivity index (χ1v) is 10.1. The summed E-state index contributed by atoms with van der Waals surface area (Å²) in [7, 11) is 1.55. The Balaban J connectivity index is 1.71. The zero-order valence-electron chi connectivity index (χ0n) is 16.4. The summed E-state index contributed by atoms with van der Waals surface area (Å²) in [6.07, 6.45) is 4.87. The van der Waals surface area contributed by atoms with Crippen LogP contribution in [0.3, 0.4) is 0 Å². The van der Waals surface area contributed by atoms with Crippen LogP contribution >= 0.6 is 11.3 Å². The average molecular weight is 417 g/mol. The van der Waals surface area contributed by atoms with Crippen molar-refractivity contribution in [3.63, 3.8) is 0 Å². The summed E-state index contributed by atoms with van der Waals surface area (Å²) in [5.74, 6) is -0.117. The van der Waals surface area contributed by atoms with Crippen LogP contribution in [0.5, 0.6) is 0 Å². The molecule has 0 saturated heterocycles. The van der Waals surface area contributed by atoms with Crippen LogP contribution in [0, 0.1) is 6.92 Å². The number of aryl methyl sites for hydroxylation is 1. The first-order chi connectivity index (χ1) is 14.6. The highest BCUT2D eigenvalue weighted by Gasteiger charge is 2.17. The first-order valence-electron chi connectivity index (χ1n) is 9.24. The van der Waals surface area contributed by atoms with Gasteiger partial charge in [0.15, 0.2) is 5.82 Å². The Kier molecular flexibility index (Phi) is 5.40. The highest BCUT2D eigenvalue weighted by molar-refractivity contribution is 7.17. The van der Waals surface area contributed by atoms with Gasteiger partial charge in [0.1, 0.15) is 0 Å². The third-order valence-electron chi connectivity index (χ3n) is 4.62. The second-order valence-corrected chi connectivity index (χ2v) is 7.53. The highest BCUT2D eigenvalue weighted by atomic mass is 32.1. The molecule has 0 saturated carbocycles. The molecule has 2 amide bonds. The largest absolute Gasteiger partial charge is 0.355 e. The molecule has 3 aromatic heterocycles. The number of aromatic nitrogens is 2. The molecular formula is C22H19N5O2S. The minimum absolute atomic E-state index is 0.266. The molecule has 3 N–H and O–H groups in total. The molecule has 0 aliphatic carbocycles. The average Bonchev–Trinajstić information content (AvgIpc) is 3.20. The molecule has 4 aromatic rings. The molecular weight excluding hydrogens is 398 g/mol. The summed E-state index contributed by atoms with van der Waals surface area (Å²) in [5, 5.41) is 11.4. The summed E-state index contributed by atoms with van der Waals surface area (Å²) in [4.78, 5) is 33.6. The maximum Gasteiger partial charge on any atom is 0.257 e. The SMILES string of the molecule is CNC(=O)c1cnc(Nc2ccncc2C)c(NC(=O)c2csc3ccccc23)c1. The molecule has 4 rings (SSSR count). The van der Waals surface area contributed by atoms with Crippen molar-refractivity contribution in [2.75, 3.05) is 17.7 Å². The second kappa shape index (κ2) is 8.30. The van der Waals surface area contributed by atoms with E-state index >= 15 is 0 Å². The summed E-state index contributed by atoms with van der Waals surface area (Å²) in [6, 6.07) is 11.2. The van der Waals surface area contributed by atoms with Crippen LogP contribution in [0.15, 0.2) is 60.4 Å². The third kappa shape index (κ3) is 3.85. The lowest BCUT2D eigenvalue weighted by molar-refractivity contribution is 0.0961. The number of fused-ring (bicyclic) bond motifs is 1. The van der Waals surface area contributed by atoms with E-state index < -0.39 is 0 Å². The Morgan fingerprint density at radius 2 is 1.87 bits per heavy atom. The van der Waals surface area contributed by atoms with Crippen LogP contribution in [0.1, 0.15) is 26.3 Å². The molecule has 0 aliphatic heterocycles. The zero-order valence-corrected chi connectivity index (χ0v) is 17.2. The van der Waals surface area contributed by atoms with Crippen LogP contribution in [-0.4, -0.2) is 28.8 Å². The fourth-order valence-electron chi connectivity index (χ4n) is 3.01. The molecule has 0 spiro atoms. The van der Waals surface area contributed by atoms with E-state index in [1.54, 1.807) is 25.5 Å². The minimum Gasteiger partial charge on any atom is -0.355 e. The Labute approximate surface area is 177 Å². The number of rotatable bonds is 5. The van der Waals surface area contributed by atoms with Gasteiger partial charge in [0.25, 0.3) is 11.8 Å². The number of nitrogens with one attached hydrogen (secondary N) is 3. The van der Waals surface area contributed by atoms with Gasteiger partial charge < -0.3 is 16.0 Å². The number of carbonyl (C=O) groups excluding carboxylic acids is 2. The fourth-order valence-corrected chi connectivity index (χ4v) is 3.95. The number of hydrogen-bond acceptors (Lipinski definition) is 6. The standard InChI is InChI=1S/C22H19N5O2S/c1-13-10-24-8-7-17(13)26-20-18(9-14(11-25-20)21(28)23-2)27-22(29)16-12-30-19-6-4-3-5-15(16)19/h3-12H,1-2H3,(H,23,28)(H,27,29)(H,24,25,26). The van der Waals surface area contributed by atoms with Gasteiger partial charge in [-0.3, -0.25) is 14.6 Å². The maximum absolute atomic E-state index is 13.0. The van der Waals surface area contributed by atoms with E-state index in [9.17, 15) is 9.59 Å². The van der Waals surface area contributed by atoms with Crippen molar-refractivity contribution in [3.05, 3.63) is 77.1 Å². The van der Waals surface area contributed by atoms with Crippen LogP contribution in [0.25, 0.3) is 10.1 Å². The lowest BCUT2D eigenvalue weighted by Gasteiger charge is -2.14. The number of pyridine rings is 2. The van der Waals surface area contributed by atoms with E-state index in [1.165, 1.54) is 17.5 Å². The number of nitrogens with zero attached hydrogens (tertiary/aromatic N) is 2. The van der Waals surface area contributed by atoms with Gasteiger partial charge in [0.05, 0.1) is 16.8 Å². The summed E-state index contributed by atoms with van der Waals surface area (Å²) in [5.41, 5.74) is 3.07. The lowest BCUT2D eigenvalue weighted by Crippen LogP contribution is -2.19. The molecule has 0 fully saturated rings. The Morgan fingerprint density at radius 1 is 1.03 bits per heavy atom.